The summed E-state index contributed by atoms with van der Waals surface area (Å²) in [7, 11) is 0. The van der Waals surface area contributed by atoms with Crippen LogP contribution < -0.4 is 5.32 Å². The highest BCUT2D eigenvalue weighted by molar-refractivity contribution is 5.93. The maximum atomic E-state index is 12.4. The number of fused-ring (bicyclic) bond motifs is 1. The summed E-state index contributed by atoms with van der Waals surface area (Å²) >= 11 is 0. The summed E-state index contributed by atoms with van der Waals surface area (Å²) < 4.78 is 0. The van der Waals surface area contributed by atoms with E-state index in [0.717, 1.165) is 16.3 Å². The molecule has 0 fully saturated rings. The topological polar surface area (TPSA) is 49.3 Å². The largest absolute Gasteiger partial charge is 0.481 e. The van der Waals surface area contributed by atoms with Crippen molar-refractivity contribution in [2.45, 2.75) is 45.6 Å². The van der Waals surface area contributed by atoms with E-state index >= 15 is 0 Å². The first-order valence-electron chi connectivity index (χ1n) is 8.34. The van der Waals surface area contributed by atoms with E-state index in [4.69, 9.17) is 0 Å². The Kier molecular flexibility index (Phi) is 7.25. The fourth-order valence-corrected chi connectivity index (χ4v) is 3.38. The van der Waals surface area contributed by atoms with Crippen LogP contribution in [0.15, 0.2) is 42.5 Å². The molecule has 0 aliphatic heterocycles. The number of aliphatic carboxylic acids is 1. The number of hydrogen-bond donors (Lipinski definition) is 2. The lowest BCUT2D eigenvalue weighted by atomic mass is 9.68. The number of hydrogen-bond acceptors (Lipinski definition) is 2. The molecular formula is C20H28ClNO2. The summed E-state index contributed by atoms with van der Waals surface area (Å²) in [6.07, 6.45) is 0.576. The quantitative estimate of drug-likeness (QED) is 0.766. The fourth-order valence-electron chi connectivity index (χ4n) is 3.38. The van der Waals surface area contributed by atoms with Crippen LogP contribution in [0.5, 0.6) is 0 Å². The van der Waals surface area contributed by atoms with Crippen molar-refractivity contribution in [2.75, 3.05) is 6.54 Å². The van der Waals surface area contributed by atoms with Gasteiger partial charge in [0.05, 0.1) is 5.41 Å². The van der Waals surface area contributed by atoms with Gasteiger partial charge in [0.25, 0.3) is 0 Å². The van der Waals surface area contributed by atoms with Gasteiger partial charge >= 0.3 is 5.97 Å². The number of nitrogens with one attached hydrogen (secondary N) is 1. The fraction of sp³-hybridized carbons (Fsp3) is 0.450. The standard InChI is InChI=1S/C20H27NO2.ClH/c1-14(2)20(19(22)23,12-13-21-15(3)4)18-11-7-9-16-8-5-6-10-17(16)18;/h5-11,14-15,21H,12-13H2,1-4H3,(H,22,23);1H. The van der Waals surface area contributed by atoms with Gasteiger partial charge < -0.3 is 10.4 Å². The molecule has 2 rings (SSSR count). The molecule has 2 N–H and O–H groups in total. The maximum Gasteiger partial charge on any atom is 0.314 e. The van der Waals surface area contributed by atoms with Gasteiger partial charge in [-0.05, 0) is 35.2 Å². The molecule has 0 amide bonds. The van der Waals surface area contributed by atoms with Crippen LogP contribution in [0.1, 0.15) is 39.7 Å². The van der Waals surface area contributed by atoms with Gasteiger partial charge in [0, 0.05) is 6.04 Å². The Labute approximate surface area is 150 Å². The Morgan fingerprint density at radius 3 is 2.29 bits per heavy atom. The molecule has 1 atom stereocenters. The van der Waals surface area contributed by atoms with E-state index in [1.165, 1.54) is 0 Å². The molecule has 0 aliphatic carbocycles. The van der Waals surface area contributed by atoms with E-state index in [0.29, 0.717) is 19.0 Å². The first-order chi connectivity index (χ1) is 10.9. The Hall–Kier alpha value is -1.58. The van der Waals surface area contributed by atoms with Crippen LogP contribution >= 0.6 is 12.4 Å². The van der Waals surface area contributed by atoms with Gasteiger partial charge in [-0.25, -0.2) is 0 Å². The van der Waals surface area contributed by atoms with Crippen molar-refractivity contribution >= 4 is 29.1 Å². The molecule has 0 spiro atoms. The lowest BCUT2D eigenvalue weighted by Crippen LogP contribution is -2.44. The van der Waals surface area contributed by atoms with Crippen molar-refractivity contribution < 1.29 is 9.90 Å². The summed E-state index contributed by atoms with van der Waals surface area (Å²) in [5.74, 6) is -0.742. The average molecular weight is 350 g/mol. The van der Waals surface area contributed by atoms with E-state index in [2.05, 4.69) is 19.2 Å². The van der Waals surface area contributed by atoms with Gasteiger partial charge in [0.1, 0.15) is 0 Å². The number of halogens is 1. The molecular weight excluding hydrogens is 322 g/mol. The summed E-state index contributed by atoms with van der Waals surface area (Å²) in [6, 6.07) is 14.4. The molecule has 0 saturated heterocycles. The van der Waals surface area contributed by atoms with Gasteiger partial charge in [0.2, 0.25) is 0 Å². The molecule has 0 bridgehead atoms. The van der Waals surface area contributed by atoms with Crippen molar-refractivity contribution in [3.05, 3.63) is 48.0 Å². The molecule has 132 valence electrons. The molecule has 3 nitrogen and oxygen atoms in total. The first kappa shape index (κ1) is 20.5. The van der Waals surface area contributed by atoms with Crippen molar-refractivity contribution in [3.63, 3.8) is 0 Å². The number of carboxylic acid groups (broad SMARTS) is 1. The molecule has 1 unspecified atom stereocenters. The molecule has 0 saturated carbocycles. The Morgan fingerprint density at radius 2 is 1.71 bits per heavy atom. The highest BCUT2D eigenvalue weighted by Gasteiger charge is 2.43. The zero-order chi connectivity index (χ0) is 17.0. The molecule has 0 heterocycles. The van der Waals surface area contributed by atoms with Crippen LogP contribution in [-0.4, -0.2) is 23.7 Å². The Bertz CT molecular complexity index is 679. The first-order valence-corrected chi connectivity index (χ1v) is 8.34. The minimum atomic E-state index is -0.886. The van der Waals surface area contributed by atoms with E-state index < -0.39 is 11.4 Å². The predicted octanol–water partition coefficient (Wildman–Crippen LogP) is 4.63. The van der Waals surface area contributed by atoms with E-state index in [9.17, 15) is 9.90 Å². The van der Waals surface area contributed by atoms with E-state index in [-0.39, 0.29) is 18.3 Å². The lowest BCUT2D eigenvalue weighted by molar-refractivity contribution is -0.146. The van der Waals surface area contributed by atoms with Crippen molar-refractivity contribution in [1.29, 1.82) is 0 Å². The summed E-state index contributed by atoms with van der Waals surface area (Å²) in [6.45, 7) is 8.85. The zero-order valence-corrected chi connectivity index (χ0v) is 15.7. The molecule has 0 radical (unpaired) electrons. The summed E-state index contributed by atoms with van der Waals surface area (Å²) in [4.78, 5) is 12.4. The number of carboxylic acids is 1. The molecule has 0 aromatic heterocycles. The van der Waals surface area contributed by atoms with Crippen LogP contribution in [0.3, 0.4) is 0 Å². The zero-order valence-electron chi connectivity index (χ0n) is 14.9. The van der Waals surface area contributed by atoms with Gasteiger partial charge in [0.15, 0.2) is 0 Å². The van der Waals surface area contributed by atoms with Crippen LogP contribution in [-0.2, 0) is 10.2 Å². The maximum absolute atomic E-state index is 12.4. The van der Waals surface area contributed by atoms with Gasteiger partial charge in [-0.1, -0.05) is 70.2 Å². The molecule has 4 heteroatoms. The van der Waals surface area contributed by atoms with Gasteiger partial charge in [-0.3, -0.25) is 4.79 Å². The second-order valence-corrected chi connectivity index (χ2v) is 6.82. The second kappa shape index (κ2) is 8.50. The summed E-state index contributed by atoms with van der Waals surface area (Å²) in [5, 5.41) is 15.6. The van der Waals surface area contributed by atoms with Crippen LogP contribution in [0, 0.1) is 5.92 Å². The Morgan fingerprint density at radius 1 is 1.08 bits per heavy atom. The van der Waals surface area contributed by atoms with Gasteiger partial charge in [-0.15, -0.1) is 12.4 Å². The minimum Gasteiger partial charge on any atom is -0.481 e. The minimum absolute atomic E-state index is 0. The van der Waals surface area contributed by atoms with Gasteiger partial charge in [-0.2, -0.15) is 0 Å². The molecule has 24 heavy (non-hydrogen) atoms. The average Bonchev–Trinajstić information content (AvgIpc) is 2.50. The highest BCUT2D eigenvalue weighted by Crippen LogP contribution is 2.39. The van der Waals surface area contributed by atoms with Crippen molar-refractivity contribution in [1.82, 2.24) is 5.32 Å². The number of carbonyl (C=O) groups is 1. The monoisotopic (exact) mass is 349 g/mol. The van der Waals surface area contributed by atoms with Crippen LogP contribution in [0.25, 0.3) is 10.8 Å². The van der Waals surface area contributed by atoms with Crippen LogP contribution in [0.4, 0.5) is 0 Å². The number of benzene rings is 2. The second-order valence-electron chi connectivity index (χ2n) is 6.82. The normalized spacial score (nSPS) is 13.8. The Balaban J connectivity index is 0.00000288. The lowest BCUT2D eigenvalue weighted by Gasteiger charge is -2.35. The third kappa shape index (κ3) is 3.90. The van der Waals surface area contributed by atoms with Crippen molar-refractivity contribution in [2.24, 2.45) is 5.92 Å². The predicted molar refractivity (Wildman–Crippen MR) is 103 cm³/mol. The smallest absolute Gasteiger partial charge is 0.314 e. The SMILES string of the molecule is CC(C)NCCC(C(=O)O)(c1cccc2ccccc12)C(C)C.Cl. The van der Waals surface area contributed by atoms with E-state index in [1.807, 2.05) is 56.3 Å². The molecule has 2 aromatic carbocycles. The molecule has 2 aromatic rings. The molecule has 0 aliphatic rings. The van der Waals surface area contributed by atoms with Crippen molar-refractivity contribution in [3.8, 4) is 0 Å². The summed E-state index contributed by atoms with van der Waals surface area (Å²) in [5.41, 5.74) is 0.0339. The highest BCUT2D eigenvalue weighted by atomic mass is 35.5. The third-order valence-corrected chi connectivity index (χ3v) is 4.71. The van der Waals surface area contributed by atoms with Crippen LogP contribution in [0.2, 0.25) is 0 Å². The van der Waals surface area contributed by atoms with E-state index in [1.54, 1.807) is 0 Å². The third-order valence-electron chi connectivity index (χ3n) is 4.71. The number of rotatable bonds is 7.